The van der Waals surface area contributed by atoms with Gasteiger partial charge in [0, 0.05) is 11.6 Å². The number of rotatable bonds is 3. The Kier molecular flexibility index (Phi) is 3.84. The van der Waals surface area contributed by atoms with Gasteiger partial charge in [0.1, 0.15) is 5.75 Å². The van der Waals surface area contributed by atoms with Crippen LogP contribution >= 0.6 is 0 Å². The number of carbonyl (C=O) groups excluding carboxylic acids is 1. The molecule has 0 unspecified atom stereocenters. The zero-order valence-electron chi connectivity index (χ0n) is 11.9. The van der Waals surface area contributed by atoms with Crippen LogP contribution in [0.4, 0.5) is 0 Å². The molecule has 0 aliphatic rings. The van der Waals surface area contributed by atoms with Gasteiger partial charge in [-0.1, -0.05) is 30.3 Å². The molecule has 0 fully saturated rings. The lowest BCUT2D eigenvalue weighted by atomic mass is 10.0. The Morgan fingerprint density at radius 2 is 2.00 bits per heavy atom. The summed E-state index contributed by atoms with van der Waals surface area (Å²) >= 11 is 0. The van der Waals surface area contributed by atoms with Crippen molar-refractivity contribution in [3.8, 4) is 5.75 Å². The summed E-state index contributed by atoms with van der Waals surface area (Å²) in [5, 5.41) is 21.3. The van der Waals surface area contributed by atoms with Gasteiger partial charge in [-0.25, -0.2) is 10.5 Å². The van der Waals surface area contributed by atoms with Crippen LogP contribution in [-0.2, 0) is 0 Å². The van der Waals surface area contributed by atoms with E-state index in [1.165, 1.54) is 18.3 Å². The zero-order valence-corrected chi connectivity index (χ0v) is 11.9. The molecule has 0 radical (unpaired) electrons. The predicted molar refractivity (Wildman–Crippen MR) is 85.5 cm³/mol. The molecule has 2 aromatic carbocycles. The Morgan fingerprint density at radius 3 is 2.78 bits per heavy atom. The molecule has 0 aliphatic heterocycles. The minimum atomic E-state index is -0.572. The Labute approximate surface area is 130 Å². The maximum Gasteiger partial charge on any atom is 0.291 e. The second kappa shape index (κ2) is 6.10. The van der Waals surface area contributed by atoms with Crippen molar-refractivity contribution in [3.05, 3.63) is 70.1 Å². The van der Waals surface area contributed by atoms with E-state index in [4.69, 9.17) is 0 Å². The number of benzene rings is 2. The first-order valence-electron chi connectivity index (χ1n) is 6.75. The molecular formula is C16H12N4O3. The van der Waals surface area contributed by atoms with Crippen molar-refractivity contribution in [2.45, 2.75) is 0 Å². The van der Waals surface area contributed by atoms with Crippen LogP contribution in [0.3, 0.4) is 0 Å². The third kappa shape index (κ3) is 3.08. The Bertz CT molecular complexity index is 942. The minimum Gasteiger partial charge on any atom is -0.507 e. The highest BCUT2D eigenvalue weighted by molar-refractivity contribution is 6.02. The number of phenols is 1. The molecule has 0 bridgehead atoms. The van der Waals surface area contributed by atoms with Crippen LogP contribution in [0.1, 0.15) is 16.1 Å². The van der Waals surface area contributed by atoms with E-state index in [2.05, 4.69) is 20.7 Å². The molecule has 7 heteroatoms. The normalized spacial score (nSPS) is 11.0. The molecule has 0 saturated heterocycles. The average molecular weight is 308 g/mol. The number of hydrogen-bond acceptors (Lipinski definition) is 5. The van der Waals surface area contributed by atoms with E-state index < -0.39 is 11.5 Å². The van der Waals surface area contributed by atoms with Crippen molar-refractivity contribution < 1.29 is 9.90 Å². The molecule has 23 heavy (non-hydrogen) atoms. The third-order valence-corrected chi connectivity index (χ3v) is 3.22. The highest BCUT2D eigenvalue weighted by Gasteiger charge is 2.07. The molecule has 114 valence electrons. The maximum atomic E-state index is 11.8. The van der Waals surface area contributed by atoms with Crippen LogP contribution in [0.2, 0.25) is 0 Å². The van der Waals surface area contributed by atoms with Gasteiger partial charge in [-0.3, -0.25) is 9.59 Å². The fraction of sp³-hybridized carbons (Fsp3) is 0. The molecule has 0 saturated carbocycles. The summed E-state index contributed by atoms with van der Waals surface area (Å²) in [6.07, 6.45) is 1.36. The van der Waals surface area contributed by atoms with Crippen molar-refractivity contribution in [3.63, 3.8) is 0 Å². The SMILES string of the molecule is O=C(NN=Cc1c(O)ccc2ccccc12)c1ccc(=O)[nH]n1. The van der Waals surface area contributed by atoms with E-state index in [0.717, 1.165) is 10.8 Å². The van der Waals surface area contributed by atoms with Gasteiger partial charge in [-0.2, -0.15) is 10.2 Å². The summed E-state index contributed by atoms with van der Waals surface area (Å²) in [6.45, 7) is 0. The van der Waals surface area contributed by atoms with E-state index in [1.54, 1.807) is 12.1 Å². The van der Waals surface area contributed by atoms with Crippen LogP contribution in [0.15, 0.2) is 58.4 Å². The summed E-state index contributed by atoms with van der Waals surface area (Å²) in [6, 6.07) is 13.4. The Morgan fingerprint density at radius 1 is 1.17 bits per heavy atom. The predicted octanol–water partition coefficient (Wildman–Crippen LogP) is 1.39. The number of fused-ring (bicyclic) bond motifs is 1. The number of amides is 1. The molecule has 1 amide bonds. The number of hydrogen-bond donors (Lipinski definition) is 3. The average Bonchev–Trinajstić information content (AvgIpc) is 2.57. The first kappa shape index (κ1) is 14.5. The van der Waals surface area contributed by atoms with E-state index in [0.29, 0.717) is 5.56 Å². The maximum absolute atomic E-state index is 11.8. The fourth-order valence-corrected chi connectivity index (χ4v) is 2.10. The highest BCUT2D eigenvalue weighted by Crippen LogP contribution is 2.25. The molecule has 0 aliphatic carbocycles. The number of phenolic OH excluding ortho intramolecular Hbond substituents is 1. The molecule has 3 rings (SSSR count). The van der Waals surface area contributed by atoms with Gasteiger partial charge in [0.25, 0.3) is 11.5 Å². The van der Waals surface area contributed by atoms with Crippen molar-refractivity contribution in [2.24, 2.45) is 5.10 Å². The monoisotopic (exact) mass is 308 g/mol. The van der Waals surface area contributed by atoms with E-state index in [-0.39, 0.29) is 11.4 Å². The van der Waals surface area contributed by atoms with Crippen molar-refractivity contribution >= 4 is 22.9 Å². The van der Waals surface area contributed by atoms with E-state index in [1.807, 2.05) is 24.3 Å². The molecule has 0 atom stereocenters. The second-order valence-corrected chi connectivity index (χ2v) is 4.73. The van der Waals surface area contributed by atoms with Crippen LogP contribution in [0, 0.1) is 0 Å². The number of hydrazone groups is 1. The largest absolute Gasteiger partial charge is 0.507 e. The topological polar surface area (TPSA) is 107 Å². The number of aromatic hydroxyl groups is 1. The molecule has 0 spiro atoms. The molecule has 3 aromatic rings. The second-order valence-electron chi connectivity index (χ2n) is 4.73. The Hall–Kier alpha value is -3.48. The number of nitrogens with zero attached hydrogens (tertiary/aromatic N) is 2. The number of nitrogens with one attached hydrogen (secondary N) is 2. The summed E-state index contributed by atoms with van der Waals surface area (Å²) in [5.74, 6) is -0.513. The first-order valence-corrected chi connectivity index (χ1v) is 6.75. The van der Waals surface area contributed by atoms with Crippen LogP contribution in [-0.4, -0.2) is 27.4 Å². The van der Waals surface area contributed by atoms with E-state index in [9.17, 15) is 14.7 Å². The van der Waals surface area contributed by atoms with Crippen LogP contribution < -0.4 is 11.0 Å². The number of H-pyrrole nitrogens is 1. The van der Waals surface area contributed by atoms with Crippen molar-refractivity contribution in [1.82, 2.24) is 15.6 Å². The Balaban J connectivity index is 1.83. The molecule has 1 aromatic heterocycles. The van der Waals surface area contributed by atoms with Crippen LogP contribution in [0.5, 0.6) is 5.75 Å². The number of carbonyl (C=O) groups is 1. The quantitative estimate of drug-likeness (QED) is 0.502. The molecule has 7 nitrogen and oxygen atoms in total. The van der Waals surface area contributed by atoms with Gasteiger partial charge in [-0.05, 0) is 22.9 Å². The highest BCUT2D eigenvalue weighted by atomic mass is 16.3. The van der Waals surface area contributed by atoms with E-state index >= 15 is 0 Å². The van der Waals surface area contributed by atoms with Crippen molar-refractivity contribution in [1.29, 1.82) is 0 Å². The van der Waals surface area contributed by atoms with Gasteiger partial charge in [0.15, 0.2) is 5.69 Å². The molecule has 3 N–H and O–H groups in total. The summed E-state index contributed by atoms with van der Waals surface area (Å²) in [4.78, 5) is 22.7. The first-order chi connectivity index (χ1) is 11.1. The van der Waals surface area contributed by atoms with Gasteiger partial charge in [0.05, 0.1) is 6.21 Å². The standard InChI is InChI=1S/C16H12N4O3/c21-14-7-5-10-3-1-2-4-11(10)12(14)9-17-20-16(23)13-6-8-15(22)19-18-13/h1-9,21H,(H,19,22)(H,20,23). The number of aromatic nitrogens is 2. The number of aromatic amines is 1. The van der Waals surface area contributed by atoms with Crippen LogP contribution in [0.25, 0.3) is 10.8 Å². The molecule has 1 heterocycles. The lowest BCUT2D eigenvalue weighted by Gasteiger charge is -2.04. The summed E-state index contributed by atoms with van der Waals surface area (Å²) in [5.41, 5.74) is 2.43. The van der Waals surface area contributed by atoms with Gasteiger partial charge in [0.2, 0.25) is 0 Å². The van der Waals surface area contributed by atoms with Crippen molar-refractivity contribution in [2.75, 3.05) is 0 Å². The lowest BCUT2D eigenvalue weighted by Crippen LogP contribution is -2.21. The summed E-state index contributed by atoms with van der Waals surface area (Å²) in [7, 11) is 0. The zero-order chi connectivity index (χ0) is 16.2. The smallest absolute Gasteiger partial charge is 0.291 e. The fourth-order valence-electron chi connectivity index (χ4n) is 2.10. The summed E-state index contributed by atoms with van der Waals surface area (Å²) < 4.78 is 0. The lowest BCUT2D eigenvalue weighted by molar-refractivity contribution is 0.0949. The van der Waals surface area contributed by atoms with Gasteiger partial charge in [-0.15, -0.1) is 0 Å². The van der Waals surface area contributed by atoms with Gasteiger partial charge < -0.3 is 5.11 Å². The molecular weight excluding hydrogens is 296 g/mol. The minimum absolute atomic E-state index is 0.0314. The third-order valence-electron chi connectivity index (χ3n) is 3.22. The van der Waals surface area contributed by atoms with Gasteiger partial charge >= 0.3 is 0 Å².